The summed E-state index contributed by atoms with van der Waals surface area (Å²) in [6.45, 7) is 7.26. The molecule has 1 nitrogen and oxygen atoms in total. The molecule has 21 heavy (non-hydrogen) atoms. The van der Waals surface area contributed by atoms with E-state index in [-0.39, 0.29) is 5.54 Å². The fourth-order valence-corrected chi connectivity index (χ4v) is 3.02. The van der Waals surface area contributed by atoms with E-state index < -0.39 is 0 Å². The highest BCUT2D eigenvalue weighted by molar-refractivity contribution is 7.99. The summed E-state index contributed by atoms with van der Waals surface area (Å²) in [6, 6.07) is 13.9. The predicted octanol–water partition coefficient (Wildman–Crippen LogP) is 6.03. The zero-order valence-electron chi connectivity index (χ0n) is 12.4. The van der Waals surface area contributed by atoms with E-state index in [0.717, 1.165) is 16.6 Å². The highest BCUT2D eigenvalue weighted by Crippen LogP contribution is 2.32. The van der Waals surface area contributed by atoms with Crippen molar-refractivity contribution in [3.05, 3.63) is 58.1 Å². The van der Waals surface area contributed by atoms with Gasteiger partial charge in [-0.1, -0.05) is 35.0 Å². The van der Waals surface area contributed by atoms with Crippen LogP contribution in [0.3, 0.4) is 0 Å². The second kappa shape index (κ2) is 7.06. The van der Waals surface area contributed by atoms with Crippen LogP contribution in [0.15, 0.2) is 52.3 Å². The average Bonchev–Trinajstić information content (AvgIpc) is 2.40. The Morgan fingerprint density at radius 1 is 0.952 bits per heavy atom. The molecular weight excluding hydrogens is 321 g/mol. The summed E-state index contributed by atoms with van der Waals surface area (Å²) in [5.74, 6) is 0. The largest absolute Gasteiger partial charge is 0.308 e. The third-order valence-corrected chi connectivity index (χ3v) is 4.49. The van der Waals surface area contributed by atoms with Gasteiger partial charge in [0.15, 0.2) is 0 Å². The first-order chi connectivity index (χ1) is 9.83. The quantitative estimate of drug-likeness (QED) is 0.729. The van der Waals surface area contributed by atoms with E-state index in [1.807, 2.05) is 36.4 Å². The van der Waals surface area contributed by atoms with Crippen molar-refractivity contribution in [1.29, 1.82) is 0 Å². The Morgan fingerprint density at radius 2 is 1.57 bits per heavy atom. The molecule has 0 radical (unpaired) electrons. The normalized spacial score (nSPS) is 11.7. The van der Waals surface area contributed by atoms with Gasteiger partial charge in [-0.05, 0) is 68.8 Å². The third-order valence-electron chi connectivity index (χ3n) is 2.87. The van der Waals surface area contributed by atoms with Crippen LogP contribution in [0.25, 0.3) is 0 Å². The Labute approximate surface area is 141 Å². The standard InChI is InChI=1S/C17H19Cl2NS/c1-17(2,3)20-11-12-10-14(19)6-9-16(12)21-15-7-4-13(18)5-8-15/h4-10,20H,11H2,1-3H3. The zero-order chi connectivity index (χ0) is 15.5. The first-order valence-corrected chi connectivity index (χ1v) is 8.38. The van der Waals surface area contributed by atoms with Crippen LogP contribution in [0.4, 0.5) is 0 Å². The summed E-state index contributed by atoms with van der Waals surface area (Å²) in [6.07, 6.45) is 0. The Kier molecular flexibility index (Phi) is 5.61. The molecule has 0 saturated carbocycles. The summed E-state index contributed by atoms with van der Waals surface area (Å²) >= 11 is 13.8. The fraction of sp³-hybridized carbons (Fsp3) is 0.294. The van der Waals surface area contributed by atoms with E-state index in [2.05, 4.69) is 32.2 Å². The molecule has 0 aliphatic carbocycles. The topological polar surface area (TPSA) is 12.0 Å². The minimum atomic E-state index is 0.0739. The molecule has 0 fully saturated rings. The van der Waals surface area contributed by atoms with Gasteiger partial charge in [-0.15, -0.1) is 0 Å². The van der Waals surface area contributed by atoms with Gasteiger partial charge in [0.05, 0.1) is 0 Å². The van der Waals surface area contributed by atoms with Crippen LogP contribution in [0.2, 0.25) is 10.0 Å². The number of hydrogen-bond donors (Lipinski definition) is 1. The molecule has 0 unspecified atom stereocenters. The lowest BCUT2D eigenvalue weighted by atomic mass is 10.1. The van der Waals surface area contributed by atoms with Gasteiger partial charge in [0.1, 0.15) is 0 Å². The van der Waals surface area contributed by atoms with Crippen molar-refractivity contribution in [2.45, 2.75) is 42.6 Å². The van der Waals surface area contributed by atoms with Crippen LogP contribution in [0, 0.1) is 0 Å². The molecule has 4 heteroatoms. The number of hydrogen-bond acceptors (Lipinski definition) is 2. The predicted molar refractivity (Wildman–Crippen MR) is 93.6 cm³/mol. The highest BCUT2D eigenvalue weighted by Gasteiger charge is 2.11. The number of benzene rings is 2. The lowest BCUT2D eigenvalue weighted by molar-refractivity contribution is 0.422. The SMILES string of the molecule is CC(C)(C)NCc1cc(Cl)ccc1Sc1ccc(Cl)cc1. The van der Waals surface area contributed by atoms with Gasteiger partial charge in [-0.3, -0.25) is 0 Å². The second-order valence-electron chi connectivity index (χ2n) is 5.91. The van der Waals surface area contributed by atoms with Crippen LogP contribution < -0.4 is 5.32 Å². The summed E-state index contributed by atoms with van der Waals surface area (Å²) in [5, 5.41) is 5.03. The number of rotatable bonds is 4. The molecule has 0 bridgehead atoms. The zero-order valence-corrected chi connectivity index (χ0v) is 14.7. The summed E-state index contributed by atoms with van der Waals surface area (Å²) < 4.78 is 0. The van der Waals surface area contributed by atoms with Crippen molar-refractivity contribution in [1.82, 2.24) is 5.32 Å². The molecule has 2 aromatic rings. The molecular formula is C17H19Cl2NS. The number of nitrogens with one attached hydrogen (secondary N) is 1. The van der Waals surface area contributed by atoms with Crippen LogP contribution in [-0.4, -0.2) is 5.54 Å². The third kappa shape index (κ3) is 5.55. The van der Waals surface area contributed by atoms with Crippen molar-refractivity contribution >= 4 is 35.0 Å². The first-order valence-electron chi connectivity index (χ1n) is 6.80. The molecule has 0 aliphatic rings. The van der Waals surface area contributed by atoms with Crippen molar-refractivity contribution in [3.8, 4) is 0 Å². The minimum absolute atomic E-state index is 0.0739. The van der Waals surface area contributed by atoms with Gasteiger partial charge in [-0.2, -0.15) is 0 Å². The molecule has 0 spiro atoms. The van der Waals surface area contributed by atoms with Crippen LogP contribution in [0.1, 0.15) is 26.3 Å². The van der Waals surface area contributed by atoms with Crippen molar-refractivity contribution in [3.63, 3.8) is 0 Å². The maximum Gasteiger partial charge on any atom is 0.0410 e. The van der Waals surface area contributed by atoms with Gasteiger partial charge >= 0.3 is 0 Å². The van der Waals surface area contributed by atoms with Gasteiger partial charge in [-0.25, -0.2) is 0 Å². The van der Waals surface area contributed by atoms with E-state index in [9.17, 15) is 0 Å². The summed E-state index contributed by atoms with van der Waals surface area (Å²) in [5.41, 5.74) is 1.28. The second-order valence-corrected chi connectivity index (χ2v) is 7.90. The van der Waals surface area contributed by atoms with Crippen molar-refractivity contribution < 1.29 is 0 Å². The maximum atomic E-state index is 6.14. The molecule has 0 amide bonds. The molecule has 2 aromatic carbocycles. The molecule has 0 saturated heterocycles. The summed E-state index contributed by atoms with van der Waals surface area (Å²) in [4.78, 5) is 2.37. The van der Waals surface area contributed by atoms with Crippen molar-refractivity contribution in [2.75, 3.05) is 0 Å². The molecule has 0 aliphatic heterocycles. The molecule has 0 aromatic heterocycles. The molecule has 0 atom stereocenters. The Bertz CT molecular complexity index is 603. The van der Waals surface area contributed by atoms with Crippen LogP contribution in [-0.2, 0) is 6.54 Å². The Morgan fingerprint density at radius 3 is 2.19 bits per heavy atom. The smallest absolute Gasteiger partial charge is 0.0410 e. The van der Waals surface area contributed by atoms with E-state index in [0.29, 0.717) is 0 Å². The van der Waals surface area contributed by atoms with Gasteiger partial charge in [0.25, 0.3) is 0 Å². The summed E-state index contributed by atoms with van der Waals surface area (Å²) in [7, 11) is 0. The van der Waals surface area contributed by atoms with Gasteiger partial charge in [0.2, 0.25) is 0 Å². The highest BCUT2D eigenvalue weighted by atomic mass is 35.5. The molecule has 112 valence electrons. The average molecular weight is 340 g/mol. The van der Waals surface area contributed by atoms with Gasteiger partial charge in [0, 0.05) is 31.9 Å². The molecule has 2 rings (SSSR count). The lowest BCUT2D eigenvalue weighted by Crippen LogP contribution is -2.35. The van der Waals surface area contributed by atoms with E-state index in [4.69, 9.17) is 23.2 Å². The maximum absolute atomic E-state index is 6.14. The monoisotopic (exact) mass is 339 g/mol. The Hall–Kier alpha value is -0.670. The molecule has 1 N–H and O–H groups in total. The number of halogens is 2. The Balaban J connectivity index is 2.20. The minimum Gasteiger partial charge on any atom is -0.308 e. The lowest BCUT2D eigenvalue weighted by Gasteiger charge is -2.21. The van der Waals surface area contributed by atoms with Crippen LogP contribution >= 0.6 is 35.0 Å². The van der Waals surface area contributed by atoms with Gasteiger partial charge < -0.3 is 5.32 Å². The van der Waals surface area contributed by atoms with E-state index in [1.165, 1.54) is 15.4 Å². The van der Waals surface area contributed by atoms with E-state index in [1.54, 1.807) is 11.8 Å². The van der Waals surface area contributed by atoms with Crippen molar-refractivity contribution in [2.24, 2.45) is 0 Å². The first kappa shape index (κ1) is 16.7. The van der Waals surface area contributed by atoms with Crippen LogP contribution in [0.5, 0.6) is 0 Å². The van der Waals surface area contributed by atoms with E-state index >= 15 is 0 Å². The molecule has 0 heterocycles. The fourth-order valence-electron chi connectivity index (χ4n) is 1.78.